The Hall–Kier alpha value is -2.16. The molecular weight excluding hydrogens is 426 g/mol. The van der Waals surface area contributed by atoms with Gasteiger partial charge >= 0.3 is 5.97 Å². The van der Waals surface area contributed by atoms with Gasteiger partial charge in [0.15, 0.2) is 0 Å². The first-order valence-electron chi connectivity index (χ1n) is 7.08. The summed E-state index contributed by atoms with van der Waals surface area (Å²) in [5.74, 6) is -1.18. The molecular formula is C17H12BrNO4S2. The van der Waals surface area contributed by atoms with Crippen LogP contribution in [0.1, 0.15) is 9.67 Å². The summed E-state index contributed by atoms with van der Waals surface area (Å²) < 4.78 is 28.0. The Morgan fingerprint density at radius 1 is 1.04 bits per heavy atom. The molecule has 128 valence electrons. The molecule has 0 saturated heterocycles. The number of hydrogen-bond acceptors (Lipinski definition) is 4. The number of halogens is 1. The smallest absolute Gasteiger partial charge is 0.348 e. The lowest BCUT2D eigenvalue weighted by molar-refractivity contribution is 0.0703. The molecule has 0 unspecified atom stereocenters. The summed E-state index contributed by atoms with van der Waals surface area (Å²) in [7, 11) is -3.92. The second-order valence-corrected chi connectivity index (χ2v) is 8.62. The molecule has 8 heteroatoms. The lowest BCUT2D eigenvalue weighted by atomic mass is 10.2. The third-order valence-corrected chi connectivity index (χ3v) is 6.90. The van der Waals surface area contributed by atoms with Crippen LogP contribution in [-0.4, -0.2) is 19.5 Å². The zero-order valence-electron chi connectivity index (χ0n) is 12.6. The molecule has 2 aromatic carbocycles. The summed E-state index contributed by atoms with van der Waals surface area (Å²) in [6, 6.07) is 17.1. The van der Waals surface area contributed by atoms with Crippen LogP contribution in [0.4, 0.5) is 5.69 Å². The number of carbonyl (C=O) groups is 1. The highest BCUT2D eigenvalue weighted by Gasteiger charge is 2.23. The molecule has 0 spiro atoms. The van der Waals surface area contributed by atoms with Crippen molar-refractivity contribution in [2.75, 3.05) is 4.72 Å². The summed E-state index contributed by atoms with van der Waals surface area (Å²) >= 11 is 4.22. The fourth-order valence-corrected chi connectivity index (χ4v) is 5.32. The molecule has 0 radical (unpaired) electrons. The molecule has 0 aliphatic carbocycles. The maximum atomic E-state index is 12.6. The van der Waals surface area contributed by atoms with Crippen LogP contribution in [0.5, 0.6) is 0 Å². The highest BCUT2D eigenvalue weighted by molar-refractivity contribution is 9.10. The molecule has 25 heavy (non-hydrogen) atoms. The average Bonchev–Trinajstić information content (AvgIpc) is 2.99. The van der Waals surface area contributed by atoms with E-state index in [0.29, 0.717) is 9.35 Å². The number of carboxylic acids is 1. The van der Waals surface area contributed by atoms with Crippen molar-refractivity contribution in [2.24, 2.45) is 0 Å². The van der Waals surface area contributed by atoms with E-state index in [1.165, 1.54) is 12.1 Å². The van der Waals surface area contributed by atoms with Crippen LogP contribution in [0.3, 0.4) is 0 Å². The van der Waals surface area contributed by atoms with Crippen molar-refractivity contribution in [1.82, 2.24) is 0 Å². The van der Waals surface area contributed by atoms with E-state index in [1.54, 1.807) is 18.2 Å². The first-order valence-corrected chi connectivity index (χ1v) is 10.2. The van der Waals surface area contributed by atoms with Gasteiger partial charge in [-0.25, -0.2) is 13.2 Å². The summed E-state index contributed by atoms with van der Waals surface area (Å²) in [5.41, 5.74) is 0.869. The van der Waals surface area contributed by atoms with Gasteiger partial charge in [0.25, 0.3) is 10.0 Å². The number of aromatic carboxylic acids is 1. The van der Waals surface area contributed by atoms with Crippen LogP contribution >= 0.6 is 27.3 Å². The van der Waals surface area contributed by atoms with Crippen LogP contribution in [0.15, 0.2) is 70.0 Å². The second-order valence-electron chi connectivity index (χ2n) is 5.06. The molecule has 1 aromatic heterocycles. The zero-order chi connectivity index (χ0) is 18.0. The lowest BCUT2D eigenvalue weighted by Gasteiger charge is -2.08. The number of rotatable bonds is 5. The number of sulfonamides is 1. The molecule has 0 fully saturated rings. The first-order chi connectivity index (χ1) is 11.9. The monoisotopic (exact) mass is 437 g/mol. The van der Waals surface area contributed by atoms with Crippen LogP contribution in [0.25, 0.3) is 10.4 Å². The van der Waals surface area contributed by atoms with Crippen molar-refractivity contribution in [3.05, 3.63) is 70.0 Å². The topological polar surface area (TPSA) is 83.5 Å². The Labute approximate surface area is 157 Å². The van der Waals surface area contributed by atoms with Crippen molar-refractivity contribution in [2.45, 2.75) is 4.90 Å². The molecule has 0 atom stereocenters. The normalized spacial score (nSPS) is 11.2. The minimum Gasteiger partial charge on any atom is -0.477 e. The molecule has 0 aliphatic rings. The fourth-order valence-electron chi connectivity index (χ4n) is 2.23. The summed E-state index contributed by atoms with van der Waals surface area (Å²) in [5, 5.41) is 9.41. The van der Waals surface area contributed by atoms with Gasteiger partial charge in [0.05, 0.1) is 5.69 Å². The van der Waals surface area contributed by atoms with Crippen LogP contribution in [0, 0.1) is 0 Å². The summed E-state index contributed by atoms with van der Waals surface area (Å²) in [6.45, 7) is 0. The second kappa shape index (κ2) is 6.99. The molecule has 0 saturated carbocycles. The van der Waals surface area contributed by atoms with E-state index in [2.05, 4.69) is 20.7 Å². The van der Waals surface area contributed by atoms with Crippen molar-refractivity contribution in [3.8, 4) is 10.4 Å². The van der Waals surface area contributed by atoms with Gasteiger partial charge in [0, 0.05) is 9.35 Å². The third-order valence-electron chi connectivity index (χ3n) is 3.36. The van der Waals surface area contributed by atoms with Gasteiger partial charge in [-0.1, -0.05) is 42.5 Å². The van der Waals surface area contributed by atoms with Gasteiger partial charge in [-0.3, -0.25) is 4.72 Å². The van der Waals surface area contributed by atoms with Crippen molar-refractivity contribution in [1.29, 1.82) is 0 Å². The van der Waals surface area contributed by atoms with Crippen molar-refractivity contribution in [3.63, 3.8) is 0 Å². The van der Waals surface area contributed by atoms with Gasteiger partial charge in [0.1, 0.15) is 9.77 Å². The number of anilines is 1. The predicted molar refractivity (Wildman–Crippen MR) is 102 cm³/mol. The maximum absolute atomic E-state index is 12.6. The van der Waals surface area contributed by atoms with E-state index in [1.807, 2.05) is 30.3 Å². The average molecular weight is 438 g/mol. The third kappa shape index (κ3) is 3.76. The maximum Gasteiger partial charge on any atom is 0.348 e. The van der Waals surface area contributed by atoms with Crippen LogP contribution < -0.4 is 4.72 Å². The lowest BCUT2D eigenvalue weighted by Crippen LogP contribution is -2.14. The highest BCUT2D eigenvalue weighted by atomic mass is 79.9. The number of nitrogens with one attached hydrogen (secondary N) is 1. The Balaban J connectivity index is 2.04. The van der Waals surface area contributed by atoms with E-state index in [9.17, 15) is 18.3 Å². The predicted octanol–water partition coefficient (Wildman–Crippen LogP) is 4.68. The van der Waals surface area contributed by atoms with Crippen molar-refractivity contribution >= 4 is 48.9 Å². The molecule has 0 aliphatic heterocycles. The van der Waals surface area contributed by atoms with E-state index >= 15 is 0 Å². The van der Waals surface area contributed by atoms with Crippen molar-refractivity contribution < 1.29 is 18.3 Å². The number of hydrogen-bond donors (Lipinski definition) is 2. The Morgan fingerprint density at radius 3 is 2.32 bits per heavy atom. The van der Waals surface area contributed by atoms with E-state index < -0.39 is 16.0 Å². The molecule has 2 N–H and O–H groups in total. The fraction of sp³-hybridized carbons (Fsp3) is 0. The first kappa shape index (κ1) is 17.7. The minimum absolute atomic E-state index is 0.0406. The van der Waals surface area contributed by atoms with Gasteiger partial charge < -0.3 is 5.11 Å². The molecule has 3 aromatic rings. The van der Waals surface area contributed by atoms with Gasteiger partial charge in [0.2, 0.25) is 0 Å². The van der Waals surface area contributed by atoms with Gasteiger partial charge in [-0.15, -0.1) is 11.3 Å². The Kier molecular flexibility index (Phi) is 4.94. The largest absolute Gasteiger partial charge is 0.477 e. The molecule has 1 heterocycles. The summed E-state index contributed by atoms with van der Waals surface area (Å²) in [6.07, 6.45) is 0. The van der Waals surface area contributed by atoms with Gasteiger partial charge in [-0.05, 0) is 39.7 Å². The standard InChI is InChI=1S/C17H12BrNO4S2/c18-12-8-4-5-9-15(12)25(22,23)19-13-10-14(24-16(13)17(20)21)11-6-2-1-3-7-11/h1-10,19H,(H,20,21). The van der Waals surface area contributed by atoms with Crippen LogP contribution in [0.2, 0.25) is 0 Å². The zero-order valence-corrected chi connectivity index (χ0v) is 15.9. The van der Waals surface area contributed by atoms with E-state index in [-0.39, 0.29) is 15.5 Å². The number of benzene rings is 2. The number of thiophene rings is 1. The molecule has 3 rings (SSSR count). The van der Waals surface area contributed by atoms with E-state index in [0.717, 1.165) is 16.9 Å². The SMILES string of the molecule is O=C(O)c1sc(-c2ccccc2)cc1NS(=O)(=O)c1ccccc1Br. The molecule has 0 amide bonds. The van der Waals surface area contributed by atoms with Crippen LogP contribution in [-0.2, 0) is 10.0 Å². The van der Waals surface area contributed by atoms with E-state index in [4.69, 9.17) is 0 Å². The Morgan fingerprint density at radius 2 is 1.68 bits per heavy atom. The molecule has 5 nitrogen and oxygen atoms in total. The quantitative estimate of drug-likeness (QED) is 0.606. The van der Waals surface area contributed by atoms with Gasteiger partial charge in [-0.2, -0.15) is 0 Å². The highest BCUT2D eigenvalue weighted by Crippen LogP contribution is 2.36. The summed E-state index contributed by atoms with van der Waals surface area (Å²) in [4.78, 5) is 12.2. The minimum atomic E-state index is -3.92. The molecule has 0 bridgehead atoms. The Bertz CT molecular complexity index is 1030. The number of carboxylic acid groups (broad SMARTS) is 1.